The van der Waals surface area contributed by atoms with Crippen molar-refractivity contribution in [2.75, 3.05) is 39.8 Å². The molecule has 1 heterocycles. The largest absolute Gasteiger partial charge is 0.354 e. The second-order valence-corrected chi connectivity index (χ2v) is 5.91. The van der Waals surface area contributed by atoms with Crippen LogP contribution in [0.15, 0.2) is 4.99 Å². The van der Waals surface area contributed by atoms with Gasteiger partial charge in [-0.25, -0.2) is 0 Å². The van der Waals surface area contributed by atoms with Gasteiger partial charge in [-0.2, -0.15) is 0 Å². The van der Waals surface area contributed by atoms with Gasteiger partial charge in [0.15, 0.2) is 5.96 Å². The maximum Gasteiger partial charge on any atom is 0.193 e. The van der Waals surface area contributed by atoms with Crippen LogP contribution in [-0.4, -0.2) is 61.6 Å². The van der Waals surface area contributed by atoms with Gasteiger partial charge in [-0.3, -0.25) is 4.99 Å². The van der Waals surface area contributed by atoms with Crippen molar-refractivity contribution >= 4 is 29.9 Å². The number of rotatable bonds is 5. The zero-order valence-corrected chi connectivity index (χ0v) is 15.6. The lowest BCUT2D eigenvalue weighted by atomic mass is 9.93. The summed E-state index contributed by atoms with van der Waals surface area (Å²) in [6, 6.07) is 0.681. The van der Waals surface area contributed by atoms with Gasteiger partial charge in [-0.15, -0.1) is 24.0 Å². The van der Waals surface area contributed by atoms with Gasteiger partial charge in [0.05, 0.1) is 0 Å². The van der Waals surface area contributed by atoms with Gasteiger partial charge >= 0.3 is 0 Å². The molecule has 2 aliphatic rings. The Labute approximate surface area is 141 Å². The summed E-state index contributed by atoms with van der Waals surface area (Å²) in [5.41, 5.74) is 0. The summed E-state index contributed by atoms with van der Waals surface area (Å²) in [5, 5.41) is 3.61. The molecule has 20 heavy (non-hydrogen) atoms. The summed E-state index contributed by atoms with van der Waals surface area (Å²) >= 11 is 0. The number of guanidine groups is 1. The molecule has 1 atom stereocenters. The molecule has 1 aliphatic carbocycles. The molecular weight excluding hydrogens is 363 g/mol. The van der Waals surface area contributed by atoms with Crippen molar-refractivity contribution in [1.82, 2.24) is 15.1 Å². The first kappa shape index (κ1) is 18.0. The van der Waals surface area contributed by atoms with Gasteiger partial charge in [-0.1, -0.05) is 13.8 Å². The topological polar surface area (TPSA) is 30.9 Å². The van der Waals surface area contributed by atoms with E-state index in [4.69, 9.17) is 0 Å². The molecule has 0 radical (unpaired) electrons. The number of aliphatic imine (C=N–C) groups is 1. The normalized spacial score (nSPS) is 23.7. The van der Waals surface area contributed by atoms with E-state index in [1.54, 1.807) is 0 Å². The van der Waals surface area contributed by atoms with Gasteiger partial charge in [0, 0.05) is 32.7 Å². The summed E-state index contributed by atoms with van der Waals surface area (Å²) in [6.45, 7) is 10.4. The minimum Gasteiger partial charge on any atom is -0.354 e. The van der Waals surface area contributed by atoms with E-state index in [9.17, 15) is 0 Å². The summed E-state index contributed by atoms with van der Waals surface area (Å²) in [4.78, 5) is 9.45. The zero-order valence-electron chi connectivity index (χ0n) is 13.3. The number of nitrogens with zero attached hydrogens (tertiary/aromatic N) is 3. The maximum absolute atomic E-state index is 4.46. The summed E-state index contributed by atoms with van der Waals surface area (Å²) in [7, 11) is 1.92. The first-order valence-corrected chi connectivity index (χ1v) is 7.97. The van der Waals surface area contributed by atoms with Crippen molar-refractivity contribution < 1.29 is 0 Å². The van der Waals surface area contributed by atoms with E-state index in [1.165, 1.54) is 58.4 Å². The van der Waals surface area contributed by atoms with Crippen LogP contribution in [-0.2, 0) is 0 Å². The predicted molar refractivity (Wildman–Crippen MR) is 97.0 cm³/mol. The van der Waals surface area contributed by atoms with Crippen molar-refractivity contribution in [3.05, 3.63) is 0 Å². The average Bonchev–Trinajstić information content (AvgIpc) is 2.83. The SMILES string of the molecule is CCN(CC)CC1CCN(C(=NC)NC2CCC2)C1.I. The molecule has 1 saturated heterocycles. The fourth-order valence-corrected chi connectivity index (χ4v) is 3.05. The van der Waals surface area contributed by atoms with Crippen LogP contribution < -0.4 is 5.32 Å². The number of likely N-dealkylation sites (tertiary alicyclic amines) is 1. The molecule has 1 unspecified atom stereocenters. The molecule has 0 aromatic heterocycles. The highest BCUT2D eigenvalue weighted by atomic mass is 127. The lowest BCUT2D eigenvalue weighted by molar-refractivity contribution is 0.255. The Morgan fingerprint density at radius 2 is 1.95 bits per heavy atom. The van der Waals surface area contributed by atoms with Crippen molar-refractivity contribution in [3.63, 3.8) is 0 Å². The molecule has 0 bridgehead atoms. The second kappa shape index (κ2) is 9.07. The molecule has 118 valence electrons. The first-order chi connectivity index (χ1) is 9.26. The van der Waals surface area contributed by atoms with Crippen LogP contribution in [0.5, 0.6) is 0 Å². The zero-order chi connectivity index (χ0) is 13.7. The second-order valence-electron chi connectivity index (χ2n) is 5.91. The number of halogens is 1. The third kappa shape index (κ3) is 4.76. The number of nitrogens with one attached hydrogen (secondary N) is 1. The van der Waals surface area contributed by atoms with Crippen LogP contribution >= 0.6 is 24.0 Å². The number of hydrogen-bond acceptors (Lipinski definition) is 2. The molecule has 5 heteroatoms. The number of hydrogen-bond donors (Lipinski definition) is 1. The molecule has 4 nitrogen and oxygen atoms in total. The van der Waals surface area contributed by atoms with E-state index in [-0.39, 0.29) is 24.0 Å². The lowest BCUT2D eigenvalue weighted by Crippen LogP contribution is -2.47. The predicted octanol–water partition coefficient (Wildman–Crippen LogP) is 2.40. The minimum atomic E-state index is 0. The molecule has 0 amide bonds. The summed E-state index contributed by atoms with van der Waals surface area (Å²) < 4.78 is 0. The van der Waals surface area contributed by atoms with Crippen LogP contribution in [0, 0.1) is 5.92 Å². The van der Waals surface area contributed by atoms with E-state index in [0.29, 0.717) is 6.04 Å². The van der Waals surface area contributed by atoms with Crippen LogP contribution in [0.25, 0.3) is 0 Å². The molecule has 2 fully saturated rings. The lowest BCUT2D eigenvalue weighted by Gasteiger charge is -2.31. The molecule has 1 N–H and O–H groups in total. The van der Waals surface area contributed by atoms with Gasteiger partial charge in [0.1, 0.15) is 0 Å². The highest BCUT2D eigenvalue weighted by molar-refractivity contribution is 14.0. The van der Waals surface area contributed by atoms with Gasteiger partial charge in [0.2, 0.25) is 0 Å². The van der Waals surface area contributed by atoms with Crippen LogP contribution in [0.4, 0.5) is 0 Å². The van der Waals surface area contributed by atoms with E-state index in [2.05, 4.69) is 34.0 Å². The van der Waals surface area contributed by atoms with E-state index < -0.39 is 0 Å². The highest BCUT2D eigenvalue weighted by Crippen LogP contribution is 2.21. The standard InChI is InChI=1S/C15H30N4.HI/c1-4-18(5-2)11-13-9-10-19(12-13)15(16-3)17-14-7-6-8-14;/h13-14H,4-12H2,1-3H3,(H,16,17);1H. The summed E-state index contributed by atoms with van der Waals surface area (Å²) in [6.07, 6.45) is 5.31. The Kier molecular flexibility index (Phi) is 8.17. The first-order valence-electron chi connectivity index (χ1n) is 7.97. The van der Waals surface area contributed by atoms with E-state index >= 15 is 0 Å². The van der Waals surface area contributed by atoms with Crippen LogP contribution in [0.3, 0.4) is 0 Å². The molecular formula is C15H31IN4. The molecule has 2 rings (SSSR count). The van der Waals surface area contributed by atoms with Crippen molar-refractivity contribution in [3.8, 4) is 0 Å². The maximum atomic E-state index is 4.46. The highest BCUT2D eigenvalue weighted by Gasteiger charge is 2.28. The Bertz CT molecular complexity index is 300. The Hall–Kier alpha value is -0.0400. The molecule has 0 spiro atoms. The van der Waals surface area contributed by atoms with Crippen molar-refractivity contribution in [1.29, 1.82) is 0 Å². The van der Waals surface area contributed by atoms with Gasteiger partial charge < -0.3 is 15.1 Å². The Morgan fingerprint density at radius 3 is 2.45 bits per heavy atom. The molecule has 0 aromatic carbocycles. The summed E-state index contributed by atoms with van der Waals surface area (Å²) in [5.74, 6) is 1.94. The third-order valence-corrected chi connectivity index (χ3v) is 4.65. The van der Waals surface area contributed by atoms with Crippen molar-refractivity contribution in [2.24, 2.45) is 10.9 Å². The third-order valence-electron chi connectivity index (χ3n) is 4.65. The van der Waals surface area contributed by atoms with Crippen molar-refractivity contribution in [2.45, 2.75) is 45.6 Å². The van der Waals surface area contributed by atoms with Crippen LogP contribution in [0.2, 0.25) is 0 Å². The average molecular weight is 394 g/mol. The fraction of sp³-hybridized carbons (Fsp3) is 0.933. The Balaban J connectivity index is 0.00000200. The molecule has 0 aromatic rings. The monoisotopic (exact) mass is 394 g/mol. The van der Waals surface area contributed by atoms with Crippen LogP contribution in [0.1, 0.15) is 39.5 Å². The smallest absolute Gasteiger partial charge is 0.193 e. The fourth-order valence-electron chi connectivity index (χ4n) is 3.05. The van der Waals surface area contributed by atoms with E-state index in [0.717, 1.165) is 11.9 Å². The quantitative estimate of drug-likeness (QED) is 0.442. The molecule has 1 aliphatic heterocycles. The molecule has 1 saturated carbocycles. The minimum absolute atomic E-state index is 0. The Morgan fingerprint density at radius 1 is 1.25 bits per heavy atom. The van der Waals surface area contributed by atoms with Gasteiger partial charge in [-0.05, 0) is 44.7 Å². The van der Waals surface area contributed by atoms with E-state index in [1.807, 2.05) is 7.05 Å². The van der Waals surface area contributed by atoms with Gasteiger partial charge in [0.25, 0.3) is 0 Å².